The summed E-state index contributed by atoms with van der Waals surface area (Å²) in [7, 11) is -3.05. The second-order valence-electron chi connectivity index (χ2n) is 7.67. The van der Waals surface area contributed by atoms with E-state index in [2.05, 4.69) is 10.3 Å². The summed E-state index contributed by atoms with van der Waals surface area (Å²) in [5, 5.41) is 3.04. The van der Waals surface area contributed by atoms with Crippen LogP contribution in [0.15, 0.2) is 34.2 Å². The second-order valence-corrected chi connectivity index (χ2v) is 11.0. The zero-order chi connectivity index (χ0) is 21.3. The van der Waals surface area contributed by atoms with Crippen molar-refractivity contribution in [2.24, 2.45) is 5.92 Å². The number of nitrogens with one attached hydrogen (secondary N) is 1. The number of anilines is 1. The van der Waals surface area contributed by atoms with E-state index in [4.69, 9.17) is 4.74 Å². The molecule has 30 heavy (non-hydrogen) atoms. The Morgan fingerprint density at radius 2 is 1.97 bits per heavy atom. The first kappa shape index (κ1) is 20.9. The summed E-state index contributed by atoms with van der Waals surface area (Å²) in [6.45, 7) is 0.703. The second kappa shape index (κ2) is 8.43. The van der Waals surface area contributed by atoms with Crippen LogP contribution in [0.2, 0.25) is 0 Å². The first-order valence-electron chi connectivity index (χ1n) is 9.80. The van der Waals surface area contributed by atoms with Crippen LogP contribution in [0.5, 0.6) is 5.75 Å². The molecule has 0 atom stereocenters. The zero-order valence-corrected chi connectivity index (χ0v) is 18.2. The number of rotatable bonds is 9. The van der Waals surface area contributed by atoms with Gasteiger partial charge in [0.1, 0.15) is 21.4 Å². The molecular formula is C20H23N3O5S2. The maximum atomic E-state index is 13.1. The highest BCUT2D eigenvalue weighted by atomic mass is 32.2. The van der Waals surface area contributed by atoms with Gasteiger partial charge >= 0.3 is 0 Å². The van der Waals surface area contributed by atoms with Gasteiger partial charge in [0.2, 0.25) is 5.91 Å². The Labute approximate surface area is 179 Å². The first-order chi connectivity index (χ1) is 14.3. The molecule has 1 aliphatic heterocycles. The van der Waals surface area contributed by atoms with Crippen molar-refractivity contribution in [3.8, 4) is 11.4 Å². The SMILES string of the molecule is CS(=O)(=O)CCCSc1nc2c(c(=O)n1-c1ccc(OCC3CC3)cc1)CC(=O)N2. The average molecular weight is 450 g/mol. The van der Waals surface area contributed by atoms with Crippen molar-refractivity contribution < 1.29 is 17.9 Å². The van der Waals surface area contributed by atoms with Gasteiger partial charge in [-0.05, 0) is 49.4 Å². The summed E-state index contributed by atoms with van der Waals surface area (Å²) in [5.41, 5.74) is 0.671. The molecular weight excluding hydrogens is 426 g/mol. The number of benzene rings is 1. The van der Waals surface area contributed by atoms with Gasteiger partial charge in [0, 0.05) is 12.0 Å². The fourth-order valence-corrected chi connectivity index (χ4v) is 4.93. The highest BCUT2D eigenvalue weighted by Gasteiger charge is 2.26. The Kier molecular flexibility index (Phi) is 5.88. The molecule has 8 nitrogen and oxygen atoms in total. The highest BCUT2D eigenvalue weighted by molar-refractivity contribution is 7.99. The Bertz CT molecular complexity index is 1120. The van der Waals surface area contributed by atoms with Gasteiger partial charge in [-0.2, -0.15) is 0 Å². The van der Waals surface area contributed by atoms with Crippen LogP contribution in [-0.2, 0) is 21.1 Å². The molecule has 1 N–H and O–H groups in total. The molecule has 0 radical (unpaired) electrons. The normalized spacial score (nSPS) is 15.7. The number of sulfone groups is 1. The fourth-order valence-electron chi connectivity index (χ4n) is 3.13. The number of carbonyl (C=O) groups is 1. The Balaban J connectivity index is 1.60. The molecule has 0 saturated heterocycles. The van der Waals surface area contributed by atoms with Crippen LogP contribution < -0.4 is 15.6 Å². The number of amides is 1. The zero-order valence-electron chi connectivity index (χ0n) is 16.6. The largest absolute Gasteiger partial charge is 0.493 e. The highest BCUT2D eigenvalue weighted by Crippen LogP contribution is 2.30. The molecule has 1 fully saturated rings. The standard InChI is InChI=1S/C20H23N3O5S2/c1-30(26,27)10-2-9-29-20-22-18-16(11-17(24)21-18)19(25)23(20)14-5-7-15(8-6-14)28-12-13-3-4-13/h5-8,13H,2-4,9-12H2,1H3,(H,21,24). The van der Waals surface area contributed by atoms with Gasteiger partial charge in [-0.15, -0.1) is 0 Å². The molecule has 0 unspecified atom stereocenters. The van der Waals surface area contributed by atoms with Crippen molar-refractivity contribution in [1.82, 2.24) is 9.55 Å². The predicted octanol–water partition coefficient (Wildman–Crippen LogP) is 2.04. The third-order valence-corrected chi connectivity index (χ3v) is 6.96. The van der Waals surface area contributed by atoms with E-state index in [0.29, 0.717) is 41.1 Å². The van der Waals surface area contributed by atoms with Crippen LogP contribution in [0, 0.1) is 5.92 Å². The van der Waals surface area contributed by atoms with E-state index in [1.54, 1.807) is 12.1 Å². The summed E-state index contributed by atoms with van der Waals surface area (Å²) in [4.78, 5) is 29.4. The van der Waals surface area contributed by atoms with Gasteiger partial charge in [-0.3, -0.25) is 14.2 Å². The molecule has 1 amide bonds. The number of fused-ring (bicyclic) bond motifs is 1. The van der Waals surface area contributed by atoms with Gasteiger partial charge in [0.15, 0.2) is 5.16 Å². The molecule has 0 spiro atoms. The Morgan fingerprint density at radius 1 is 1.23 bits per heavy atom. The smallest absolute Gasteiger partial charge is 0.264 e. The number of nitrogens with zero attached hydrogens (tertiary/aromatic N) is 2. The van der Waals surface area contributed by atoms with Crippen molar-refractivity contribution in [2.75, 3.05) is 29.7 Å². The average Bonchev–Trinajstić information content (AvgIpc) is 3.44. The molecule has 1 saturated carbocycles. The third-order valence-electron chi connectivity index (χ3n) is 4.91. The topological polar surface area (TPSA) is 107 Å². The van der Waals surface area contributed by atoms with Crippen LogP contribution in [0.25, 0.3) is 5.69 Å². The lowest BCUT2D eigenvalue weighted by Crippen LogP contribution is -2.24. The molecule has 1 aromatic carbocycles. The number of hydrogen-bond donors (Lipinski definition) is 1. The van der Waals surface area contributed by atoms with Crippen molar-refractivity contribution in [3.63, 3.8) is 0 Å². The number of carbonyl (C=O) groups excluding carboxylic acids is 1. The van der Waals surface area contributed by atoms with E-state index in [1.807, 2.05) is 12.1 Å². The van der Waals surface area contributed by atoms with Gasteiger partial charge < -0.3 is 10.1 Å². The predicted molar refractivity (Wildman–Crippen MR) is 115 cm³/mol. The van der Waals surface area contributed by atoms with Crippen molar-refractivity contribution in [2.45, 2.75) is 30.8 Å². The van der Waals surface area contributed by atoms with E-state index in [0.717, 1.165) is 5.75 Å². The third kappa shape index (κ3) is 5.04. The van der Waals surface area contributed by atoms with E-state index < -0.39 is 9.84 Å². The van der Waals surface area contributed by atoms with Gasteiger partial charge in [-0.1, -0.05) is 11.8 Å². The van der Waals surface area contributed by atoms with Crippen molar-refractivity contribution in [1.29, 1.82) is 0 Å². The summed E-state index contributed by atoms with van der Waals surface area (Å²) < 4.78 is 30.0. The van der Waals surface area contributed by atoms with E-state index in [9.17, 15) is 18.0 Å². The fraction of sp³-hybridized carbons (Fsp3) is 0.450. The molecule has 0 bridgehead atoms. The maximum Gasteiger partial charge on any atom is 0.264 e. The molecule has 2 aliphatic rings. The number of hydrogen-bond acceptors (Lipinski definition) is 7. The van der Waals surface area contributed by atoms with Gasteiger partial charge in [0.25, 0.3) is 5.56 Å². The molecule has 160 valence electrons. The summed E-state index contributed by atoms with van der Waals surface area (Å²) >= 11 is 1.30. The molecule has 4 rings (SSSR count). The quantitative estimate of drug-likeness (QED) is 0.355. The Morgan fingerprint density at radius 3 is 2.63 bits per heavy atom. The number of thioether (sulfide) groups is 1. The Hall–Kier alpha value is -2.33. The van der Waals surface area contributed by atoms with Crippen LogP contribution in [0.4, 0.5) is 5.82 Å². The molecule has 10 heteroatoms. The van der Waals surface area contributed by atoms with E-state index >= 15 is 0 Å². The molecule has 2 heterocycles. The molecule has 1 aromatic heterocycles. The summed E-state index contributed by atoms with van der Waals surface area (Å²) in [6.07, 6.45) is 4.06. The maximum absolute atomic E-state index is 13.1. The summed E-state index contributed by atoms with van der Waals surface area (Å²) in [6, 6.07) is 7.22. The molecule has 1 aliphatic carbocycles. The van der Waals surface area contributed by atoms with Gasteiger partial charge in [-0.25, -0.2) is 13.4 Å². The van der Waals surface area contributed by atoms with Crippen LogP contribution in [0.1, 0.15) is 24.8 Å². The lowest BCUT2D eigenvalue weighted by atomic mass is 10.2. The number of aromatic nitrogens is 2. The minimum atomic E-state index is -3.05. The lowest BCUT2D eigenvalue weighted by Gasteiger charge is -2.14. The summed E-state index contributed by atoms with van der Waals surface area (Å²) in [5.74, 6) is 1.97. The lowest BCUT2D eigenvalue weighted by molar-refractivity contribution is -0.115. The first-order valence-corrected chi connectivity index (χ1v) is 12.8. The van der Waals surface area contributed by atoms with Gasteiger partial charge in [0.05, 0.1) is 30.0 Å². The van der Waals surface area contributed by atoms with Crippen LogP contribution >= 0.6 is 11.8 Å². The van der Waals surface area contributed by atoms with E-state index in [1.165, 1.54) is 35.4 Å². The monoisotopic (exact) mass is 449 g/mol. The van der Waals surface area contributed by atoms with Crippen LogP contribution in [-0.4, -0.2) is 48.2 Å². The molecule has 2 aromatic rings. The van der Waals surface area contributed by atoms with Crippen molar-refractivity contribution >= 4 is 33.3 Å². The minimum absolute atomic E-state index is 0.00275. The van der Waals surface area contributed by atoms with E-state index in [-0.39, 0.29) is 29.5 Å². The number of ether oxygens (including phenoxy) is 1. The van der Waals surface area contributed by atoms with Crippen LogP contribution in [0.3, 0.4) is 0 Å². The van der Waals surface area contributed by atoms with Crippen molar-refractivity contribution in [3.05, 3.63) is 40.2 Å². The minimum Gasteiger partial charge on any atom is -0.493 e.